The van der Waals surface area contributed by atoms with Crippen LogP contribution in [0.3, 0.4) is 0 Å². The molecule has 1 aromatic heterocycles. The van der Waals surface area contributed by atoms with E-state index in [-0.39, 0.29) is 12.2 Å². The Morgan fingerprint density at radius 1 is 1.50 bits per heavy atom. The third-order valence-corrected chi connectivity index (χ3v) is 1.80. The second kappa shape index (κ2) is 2.57. The van der Waals surface area contributed by atoms with E-state index in [1.807, 2.05) is 0 Å². The van der Waals surface area contributed by atoms with Gasteiger partial charge in [-0.15, -0.1) is 0 Å². The third kappa shape index (κ3) is 0.887. The number of benzene rings is 1. The maximum Gasteiger partial charge on any atom is 0.131 e. The molecule has 0 radical (unpaired) electrons. The zero-order valence-electron chi connectivity index (χ0n) is 6.21. The van der Waals surface area contributed by atoms with Crippen molar-refractivity contribution in [2.45, 2.75) is 6.61 Å². The number of aliphatic hydroxyl groups excluding tert-OH is 1. The smallest absolute Gasteiger partial charge is 0.131 e. The maximum absolute atomic E-state index is 13.0. The van der Waals surface area contributed by atoms with Gasteiger partial charge in [0, 0.05) is 5.56 Å². The lowest BCUT2D eigenvalue weighted by atomic mass is 10.2. The van der Waals surface area contributed by atoms with E-state index < -0.39 is 5.82 Å². The number of hydrogen-bond donors (Lipinski definition) is 2. The first kappa shape index (κ1) is 7.24. The summed E-state index contributed by atoms with van der Waals surface area (Å²) in [5.74, 6) is -0.419. The average Bonchev–Trinajstić information content (AvgIpc) is 2.52. The van der Waals surface area contributed by atoms with Gasteiger partial charge in [0.05, 0.1) is 24.0 Å². The standard InChI is InChI=1S/C8H7FN2O/c9-6-1-2-7-8(5(6)3-12)11-4-10-7/h1-2,4,12H,3H2,(H,10,11). The molecule has 0 aliphatic carbocycles. The number of fused-ring (bicyclic) bond motifs is 1. The van der Waals surface area contributed by atoms with Gasteiger partial charge in [-0.1, -0.05) is 0 Å². The molecular weight excluding hydrogens is 159 g/mol. The first-order chi connectivity index (χ1) is 5.83. The molecule has 0 aliphatic heterocycles. The monoisotopic (exact) mass is 166 g/mol. The number of nitrogens with one attached hydrogen (secondary N) is 1. The van der Waals surface area contributed by atoms with Gasteiger partial charge in [0.25, 0.3) is 0 Å². The van der Waals surface area contributed by atoms with Crippen LogP contribution in [-0.2, 0) is 6.61 Å². The molecule has 2 aromatic rings. The van der Waals surface area contributed by atoms with Gasteiger partial charge in [-0.3, -0.25) is 0 Å². The number of hydrogen-bond acceptors (Lipinski definition) is 2. The normalized spacial score (nSPS) is 10.8. The molecule has 3 nitrogen and oxygen atoms in total. The predicted molar refractivity (Wildman–Crippen MR) is 42.0 cm³/mol. The Bertz CT molecular complexity index is 410. The van der Waals surface area contributed by atoms with Crippen molar-refractivity contribution in [1.82, 2.24) is 9.97 Å². The molecule has 0 fully saturated rings. The highest BCUT2D eigenvalue weighted by Gasteiger charge is 2.07. The molecule has 0 aliphatic rings. The van der Waals surface area contributed by atoms with E-state index in [2.05, 4.69) is 9.97 Å². The zero-order chi connectivity index (χ0) is 8.55. The summed E-state index contributed by atoms with van der Waals surface area (Å²) in [5.41, 5.74) is 1.48. The fraction of sp³-hybridized carbons (Fsp3) is 0.125. The van der Waals surface area contributed by atoms with Crippen molar-refractivity contribution in [3.8, 4) is 0 Å². The molecule has 0 saturated heterocycles. The van der Waals surface area contributed by atoms with Crippen LogP contribution in [-0.4, -0.2) is 15.1 Å². The van der Waals surface area contributed by atoms with E-state index in [9.17, 15) is 4.39 Å². The molecule has 12 heavy (non-hydrogen) atoms. The molecular formula is C8H7FN2O. The minimum absolute atomic E-state index is 0.244. The van der Waals surface area contributed by atoms with E-state index >= 15 is 0 Å². The van der Waals surface area contributed by atoms with Crippen molar-refractivity contribution in [1.29, 1.82) is 0 Å². The number of nitrogens with zero attached hydrogens (tertiary/aromatic N) is 1. The molecule has 0 spiro atoms. The topological polar surface area (TPSA) is 48.9 Å². The van der Waals surface area contributed by atoms with Gasteiger partial charge in [-0.25, -0.2) is 9.37 Å². The van der Waals surface area contributed by atoms with Crippen molar-refractivity contribution >= 4 is 11.0 Å². The van der Waals surface area contributed by atoms with Gasteiger partial charge in [0.15, 0.2) is 0 Å². The number of imidazole rings is 1. The summed E-state index contributed by atoms with van der Waals surface area (Å²) in [4.78, 5) is 6.73. The van der Waals surface area contributed by atoms with Gasteiger partial charge in [-0.05, 0) is 12.1 Å². The highest BCUT2D eigenvalue weighted by atomic mass is 19.1. The number of aliphatic hydroxyl groups is 1. The molecule has 2 rings (SSSR count). The molecule has 0 atom stereocenters. The Morgan fingerprint density at radius 2 is 2.33 bits per heavy atom. The van der Waals surface area contributed by atoms with Crippen LogP contribution in [0.5, 0.6) is 0 Å². The van der Waals surface area contributed by atoms with Gasteiger partial charge < -0.3 is 10.1 Å². The molecule has 4 heteroatoms. The molecule has 62 valence electrons. The Kier molecular flexibility index (Phi) is 1.55. The average molecular weight is 166 g/mol. The van der Waals surface area contributed by atoms with E-state index in [0.29, 0.717) is 5.52 Å². The SMILES string of the molecule is OCc1c(F)ccc2[nH]cnc12. The van der Waals surface area contributed by atoms with Crippen LogP contribution in [0, 0.1) is 5.82 Å². The summed E-state index contributed by atoms with van der Waals surface area (Å²) in [6.45, 7) is -0.325. The molecule has 0 amide bonds. The third-order valence-electron chi connectivity index (χ3n) is 1.80. The molecule has 0 bridgehead atoms. The summed E-state index contributed by atoms with van der Waals surface area (Å²) in [6.07, 6.45) is 1.48. The van der Waals surface area contributed by atoms with Crippen LogP contribution in [0.1, 0.15) is 5.56 Å². The van der Waals surface area contributed by atoms with Gasteiger partial charge in [0.1, 0.15) is 5.82 Å². The summed E-state index contributed by atoms with van der Waals surface area (Å²) < 4.78 is 13.0. The van der Waals surface area contributed by atoms with Crippen molar-refractivity contribution in [3.63, 3.8) is 0 Å². The first-order valence-corrected chi connectivity index (χ1v) is 3.54. The van der Waals surface area contributed by atoms with E-state index in [1.165, 1.54) is 12.4 Å². The van der Waals surface area contributed by atoms with Crippen LogP contribution in [0.2, 0.25) is 0 Å². The second-order valence-corrected chi connectivity index (χ2v) is 2.48. The Balaban J connectivity index is 2.83. The van der Waals surface area contributed by atoms with Crippen LogP contribution >= 0.6 is 0 Å². The van der Waals surface area contributed by atoms with E-state index in [4.69, 9.17) is 5.11 Å². The lowest BCUT2D eigenvalue weighted by Gasteiger charge is -1.98. The Labute approximate surface area is 67.9 Å². The largest absolute Gasteiger partial charge is 0.391 e. The number of aromatic amines is 1. The minimum Gasteiger partial charge on any atom is -0.391 e. The maximum atomic E-state index is 13.0. The summed E-state index contributed by atoms with van der Waals surface area (Å²) >= 11 is 0. The Morgan fingerprint density at radius 3 is 3.08 bits per heavy atom. The number of H-pyrrole nitrogens is 1. The summed E-state index contributed by atoms with van der Waals surface area (Å²) in [6, 6.07) is 2.91. The Hall–Kier alpha value is -1.42. The number of halogens is 1. The van der Waals surface area contributed by atoms with Crippen LogP contribution < -0.4 is 0 Å². The van der Waals surface area contributed by atoms with E-state index in [1.54, 1.807) is 6.07 Å². The fourth-order valence-corrected chi connectivity index (χ4v) is 1.19. The molecule has 1 heterocycles. The second-order valence-electron chi connectivity index (χ2n) is 2.48. The van der Waals surface area contributed by atoms with Crippen LogP contribution in [0.25, 0.3) is 11.0 Å². The zero-order valence-corrected chi connectivity index (χ0v) is 6.21. The highest BCUT2D eigenvalue weighted by Crippen LogP contribution is 2.17. The van der Waals surface area contributed by atoms with Gasteiger partial charge >= 0.3 is 0 Å². The van der Waals surface area contributed by atoms with Crippen molar-refractivity contribution < 1.29 is 9.50 Å². The quantitative estimate of drug-likeness (QED) is 0.668. The molecule has 1 aromatic carbocycles. The fourth-order valence-electron chi connectivity index (χ4n) is 1.19. The number of aromatic nitrogens is 2. The van der Waals surface area contributed by atoms with Crippen molar-refractivity contribution in [2.24, 2.45) is 0 Å². The molecule has 0 saturated carbocycles. The molecule has 2 N–H and O–H groups in total. The number of rotatable bonds is 1. The van der Waals surface area contributed by atoms with Crippen molar-refractivity contribution in [2.75, 3.05) is 0 Å². The highest BCUT2D eigenvalue weighted by molar-refractivity contribution is 5.78. The molecule has 0 unspecified atom stereocenters. The predicted octanol–water partition coefficient (Wildman–Crippen LogP) is 1.19. The van der Waals surface area contributed by atoms with Gasteiger partial charge in [-0.2, -0.15) is 0 Å². The summed E-state index contributed by atoms with van der Waals surface area (Å²) in [5, 5.41) is 8.84. The van der Waals surface area contributed by atoms with Crippen molar-refractivity contribution in [3.05, 3.63) is 29.8 Å². The first-order valence-electron chi connectivity index (χ1n) is 3.54. The van der Waals surface area contributed by atoms with E-state index in [0.717, 1.165) is 5.52 Å². The van der Waals surface area contributed by atoms with Crippen LogP contribution in [0.15, 0.2) is 18.5 Å². The lowest BCUT2D eigenvalue weighted by molar-refractivity contribution is 0.277. The summed E-state index contributed by atoms with van der Waals surface area (Å²) in [7, 11) is 0. The van der Waals surface area contributed by atoms with Crippen LogP contribution in [0.4, 0.5) is 4.39 Å². The minimum atomic E-state index is -0.419. The van der Waals surface area contributed by atoms with Gasteiger partial charge in [0.2, 0.25) is 0 Å². The lowest BCUT2D eigenvalue weighted by Crippen LogP contribution is -1.90.